The van der Waals surface area contributed by atoms with Crippen molar-refractivity contribution in [1.82, 2.24) is 10.6 Å². The van der Waals surface area contributed by atoms with Gasteiger partial charge in [-0.3, -0.25) is 9.59 Å². The minimum absolute atomic E-state index is 0.277. The minimum Gasteiger partial charge on any atom is -0.507 e. The first-order valence-electron chi connectivity index (χ1n) is 16.7. The second-order valence-corrected chi connectivity index (χ2v) is 16.7. The van der Waals surface area contributed by atoms with Crippen LogP contribution in [0, 0.1) is 0 Å². The Kier molecular flexibility index (Phi) is 12.5. The predicted octanol–water partition coefficient (Wildman–Crippen LogP) is 9.15. The van der Waals surface area contributed by atoms with Gasteiger partial charge in [0.1, 0.15) is 17.7 Å². The van der Waals surface area contributed by atoms with E-state index in [2.05, 4.69) is 101 Å². The van der Waals surface area contributed by atoms with E-state index in [1.165, 1.54) is 12.2 Å². The lowest BCUT2D eigenvalue weighted by Gasteiger charge is -2.27. The minimum atomic E-state index is -0.536. The average Bonchev–Trinajstić information content (AvgIpc) is 2.89. The Morgan fingerprint density at radius 2 is 0.913 bits per heavy atom. The van der Waals surface area contributed by atoms with Crippen LogP contribution in [-0.4, -0.2) is 28.2 Å². The highest BCUT2D eigenvalue weighted by Crippen LogP contribution is 2.41. The first-order valence-corrected chi connectivity index (χ1v) is 16.7. The zero-order chi connectivity index (χ0) is 35.3. The van der Waals surface area contributed by atoms with Crippen LogP contribution in [0.2, 0.25) is 0 Å². The van der Waals surface area contributed by atoms with E-state index in [9.17, 15) is 19.8 Å². The molecule has 0 heterocycles. The molecule has 0 saturated heterocycles. The molecule has 2 aromatic rings. The van der Waals surface area contributed by atoms with Gasteiger partial charge in [0.15, 0.2) is 0 Å². The highest BCUT2D eigenvalue weighted by molar-refractivity contribution is 5.94. The maximum absolute atomic E-state index is 13.1. The zero-order valence-electron chi connectivity index (χ0n) is 30.7. The molecule has 2 aromatic carbocycles. The summed E-state index contributed by atoms with van der Waals surface area (Å²) in [4.78, 5) is 26.2. The summed E-state index contributed by atoms with van der Waals surface area (Å²) >= 11 is 0. The third kappa shape index (κ3) is 11.1. The number of nitrogens with one attached hydrogen (secondary N) is 2. The van der Waals surface area contributed by atoms with Crippen molar-refractivity contribution in [3.63, 3.8) is 0 Å². The molecule has 0 bridgehead atoms. The van der Waals surface area contributed by atoms with Crippen molar-refractivity contribution >= 4 is 24.0 Å². The number of amides is 2. The Morgan fingerprint density at radius 1 is 0.609 bits per heavy atom. The summed E-state index contributed by atoms with van der Waals surface area (Å²) in [5.74, 6) is -0.0249. The largest absolute Gasteiger partial charge is 0.507 e. The maximum Gasteiger partial charge on any atom is 0.245 e. The van der Waals surface area contributed by atoms with Crippen molar-refractivity contribution in [3.05, 3.63) is 69.8 Å². The van der Waals surface area contributed by atoms with Crippen LogP contribution < -0.4 is 10.6 Å². The summed E-state index contributed by atoms with van der Waals surface area (Å²) in [7, 11) is 0. The molecular formula is C40H60N2O4. The molecule has 0 unspecified atom stereocenters. The summed E-state index contributed by atoms with van der Waals surface area (Å²) in [6, 6.07) is 7.72. The van der Waals surface area contributed by atoms with E-state index in [0.29, 0.717) is 17.9 Å². The number of aromatic hydroxyl groups is 2. The number of hydrogen-bond donors (Lipinski definition) is 4. The second kappa shape index (κ2) is 14.9. The molecule has 2 rings (SSSR count). The van der Waals surface area contributed by atoms with Gasteiger partial charge in [-0.05, 0) is 82.0 Å². The molecular weight excluding hydrogens is 572 g/mol. The van der Waals surface area contributed by atoms with E-state index < -0.39 is 6.17 Å². The Hall–Kier alpha value is -3.54. The smallest absolute Gasteiger partial charge is 0.245 e. The van der Waals surface area contributed by atoms with Crippen molar-refractivity contribution in [2.75, 3.05) is 0 Å². The van der Waals surface area contributed by atoms with Crippen molar-refractivity contribution in [2.24, 2.45) is 0 Å². The monoisotopic (exact) mass is 632 g/mol. The topological polar surface area (TPSA) is 98.7 Å². The Bertz CT molecular complexity index is 1260. The third-order valence-corrected chi connectivity index (χ3v) is 8.08. The van der Waals surface area contributed by atoms with Gasteiger partial charge in [-0.15, -0.1) is 0 Å². The van der Waals surface area contributed by atoms with Crippen LogP contribution in [0.5, 0.6) is 11.5 Å². The lowest BCUT2D eigenvalue weighted by molar-refractivity contribution is -0.119. The van der Waals surface area contributed by atoms with Crippen LogP contribution in [0.3, 0.4) is 0 Å². The second-order valence-electron chi connectivity index (χ2n) is 16.7. The van der Waals surface area contributed by atoms with E-state index >= 15 is 0 Å². The summed E-state index contributed by atoms with van der Waals surface area (Å²) < 4.78 is 0. The van der Waals surface area contributed by atoms with Gasteiger partial charge in [-0.25, -0.2) is 0 Å². The standard InChI is InChI=1S/C40H60N2O4/c1-14-15-16-17-32(41-33(43)20-18-26-22-28(37(2,3)4)35(45)29(23-26)38(5,6)7)42-34(44)21-19-27-24-30(39(8,9)10)36(46)31(25-27)40(11,12)13/h18-25,32,45-46H,14-17H2,1-13H3,(H,41,43)(H,42,44). The molecule has 0 atom stereocenters. The summed E-state index contributed by atoms with van der Waals surface area (Å²) in [5.41, 5.74) is 3.86. The van der Waals surface area contributed by atoms with Crippen LogP contribution in [-0.2, 0) is 31.2 Å². The van der Waals surface area contributed by atoms with Gasteiger partial charge in [0.25, 0.3) is 0 Å². The van der Waals surface area contributed by atoms with Gasteiger partial charge >= 0.3 is 0 Å². The fourth-order valence-corrected chi connectivity index (χ4v) is 5.36. The van der Waals surface area contributed by atoms with Crippen LogP contribution >= 0.6 is 0 Å². The first kappa shape index (κ1) is 38.6. The van der Waals surface area contributed by atoms with E-state index in [4.69, 9.17) is 0 Å². The van der Waals surface area contributed by atoms with Gasteiger partial charge in [0, 0.05) is 34.4 Å². The summed E-state index contributed by atoms with van der Waals surface area (Å²) in [6.45, 7) is 26.8. The van der Waals surface area contributed by atoms with Crippen LogP contribution in [0.15, 0.2) is 36.4 Å². The first-order chi connectivity index (χ1) is 20.9. The molecule has 0 aliphatic heterocycles. The van der Waals surface area contributed by atoms with Gasteiger partial charge in [0.05, 0.1) is 0 Å². The van der Waals surface area contributed by atoms with E-state index in [1.54, 1.807) is 12.2 Å². The average molecular weight is 633 g/mol. The van der Waals surface area contributed by atoms with Gasteiger partial charge in [0.2, 0.25) is 11.8 Å². The molecule has 0 aromatic heterocycles. The maximum atomic E-state index is 13.1. The molecule has 0 fully saturated rings. The molecule has 0 saturated carbocycles. The number of rotatable bonds is 10. The molecule has 6 heteroatoms. The van der Waals surface area contributed by atoms with E-state index in [-0.39, 0.29) is 33.5 Å². The fraction of sp³-hybridized carbons (Fsp3) is 0.550. The lowest BCUT2D eigenvalue weighted by Crippen LogP contribution is -2.47. The van der Waals surface area contributed by atoms with Gasteiger partial charge in [-0.1, -0.05) is 103 Å². The number of phenolic OH excluding ortho intramolecular Hbond substituents is 2. The molecule has 0 spiro atoms. The van der Waals surface area contributed by atoms with Gasteiger partial charge in [-0.2, -0.15) is 0 Å². The summed E-state index contributed by atoms with van der Waals surface area (Å²) in [5, 5.41) is 28.0. The normalized spacial score (nSPS) is 13.8. The molecule has 0 aliphatic carbocycles. The number of hydrogen-bond acceptors (Lipinski definition) is 4. The lowest BCUT2D eigenvalue weighted by atomic mass is 9.78. The summed E-state index contributed by atoms with van der Waals surface area (Å²) in [6.07, 6.45) is 9.43. The van der Waals surface area contributed by atoms with Gasteiger partial charge < -0.3 is 20.8 Å². The molecule has 0 aliphatic rings. The number of carbonyl (C=O) groups excluding carboxylic acids is 2. The third-order valence-electron chi connectivity index (χ3n) is 8.08. The SMILES string of the molecule is CCCCCC(NC(=O)C=Cc1cc(C(C)(C)C)c(O)c(C(C)(C)C)c1)NC(=O)C=Cc1cc(C(C)(C)C)c(O)c(C(C)(C)C)c1. The predicted molar refractivity (Wildman–Crippen MR) is 193 cm³/mol. The number of benzene rings is 2. The van der Waals surface area contributed by atoms with Crippen LogP contribution in [0.1, 0.15) is 149 Å². The number of carbonyl (C=O) groups is 2. The zero-order valence-corrected chi connectivity index (χ0v) is 30.7. The number of unbranched alkanes of at least 4 members (excludes halogenated alkanes) is 2. The molecule has 2 amide bonds. The molecule has 254 valence electrons. The highest BCUT2D eigenvalue weighted by atomic mass is 16.3. The van der Waals surface area contributed by atoms with Crippen LogP contribution in [0.25, 0.3) is 12.2 Å². The fourth-order valence-electron chi connectivity index (χ4n) is 5.36. The van der Waals surface area contributed by atoms with Crippen molar-refractivity contribution in [1.29, 1.82) is 0 Å². The number of phenols is 2. The highest BCUT2D eigenvalue weighted by Gasteiger charge is 2.27. The molecule has 4 N–H and O–H groups in total. The Morgan fingerprint density at radius 3 is 1.17 bits per heavy atom. The molecule has 0 radical (unpaired) electrons. The molecule has 6 nitrogen and oxygen atoms in total. The van der Waals surface area contributed by atoms with Crippen molar-refractivity contribution in [3.8, 4) is 11.5 Å². The molecule has 46 heavy (non-hydrogen) atoms. The van der Waals surface area contributed by atoms with Crippen molar-refractivity contribution in [2.45, 2.75) is 144 Å². The Balaban J connectivity index is 2.31. The Labute approximate surface area is 278 Å². The van der Waals surface area contributed by atoms with E-state index in [1.807, 2.05) is 24.3 Å². The van der Waals surface area contributed by atoms with Crippen molar-refractivity contribution < 1.29 is 19.8 Å². The quantitative estimate of drug-likeness (QED) is 0.119. The van der Waals surface area contributed by atoms with Crippen LogP contribution in [0.4, 0.5) is 0 Å². The van der Waals surface area contributed by atoms with E-state index in [0.717, 1.165) is 52.6 Å².